The Morgan fingerprint density at radius 1 is 1.43 bits per heavy atom. The molecule has 0 aliphatic heterocycles. The van der Waals surface area contributed by atoms with Crippen LogP contribution in [0.1, 0.15) is 37.2 Å². The molecule has 0 aromatic carbocycles. The normalized spacial score (nSPS) is 18.9. The molecule has 1 aliphatic rings. The van der Waals surface area contributed by atoms with E-state index in [-0.39, 0.29) is 24.1 Å². The molecular formula is C14H18F3NO3. The molecule has 7 heteroatoms. The van der Waals surface area contributed by atoms with Gasteiger partial charge < -0.3 is 14.8 Å². The SMILES string of the molecule is Cc1ccc(C(O)(CCNC(=O)C2CCC2)C(F)(F)F)o1. The Hall–Kier alpha value is -1.50. The minimum absolute atomic E-state index is 0.102. The lowest BCUT2D eigenvalue weighted by molar-refractivity contribution is -0.274. The molecule has 1 unspecified atom stereocenters. The van der Waals surface area contributed by atoms with Crippen LogP contribution in [0.25, 0.3) is 0 Å². The molecule has 21 heavy (non-hydrogen) atoms. The van der Waals surface area contributed by atoms with Gasteiger partial charge in [0.15, 0.2) is 0 Å². The number of alkyl halides is 3. The van der Waals surface area contributed by atoms with Gasteiger partial charge in [-0.3, -0.25) is 4.79 Å². The molecule has 0 saturated heterocycles. The fourth-order valence-electron chi connectivity index (χ4n) is 2.24. The Bertz CT molecular complexity index is 508. The number of furan rings is 1. The van der Waals surface area contributed by atoms with Crippen LogP contribution in [-0.2, 0) is 10.4 Å². The van der Waals surface area contributed by atoms with Crippen LogP contribution in [0.4, 0.5) is 13.2 Å². The smallest absolute Gasteiger partial charge is 0.424 e. The predicted octanol–water partition coefficient (Wildman–Crippen LogP) is 2.64. The highest BCUT2D eigenvalue weighted by Crippen LogP contribution is 2.42. The molecule has 2 rings (SSSR count). The summed E-state index contributed by atoms with van der Waals surface area (Å²) >= 11 is 0. The van der Waals surface area contributed by atoms with Crippen LogP contribution in [0.15, 0.2) is 16.5 Å². The summed E-state index contributed by atoms with van der Waals surface area (Å²) < 4.78 is 44.3. The number of aliphatic hydroxyl groups is 1. The van der Waals surface area contributed by atoms with Crippen molar-refractivity contribution in [1.29, 1.82) is 0 Å². The first-order valence-corrected chi connectivity index (χ1v) is 6.88. The van der Waals surface area contributed by atoms with Gasteiger partial charge in [0.2, 0.25) is 11.5 Å². The number of rotatable bonds is 5. The molecule has 118 valence electrons. The lowest BCUT2D eigenvalue weighted by Gasteiger charge is -2.29. The second kappa shape index (κ2) is 5.71. The molecule has 0 bridgehead atoms. The predicted molar refractivity (Wildman–Crippen MR) is 68.4 cm³/mol. The first kappa shape index (κ1) is 15.9. The monoisotopic (exact) mass is 305 g/mol. The molecule has 1 aliphatic carbocycles. The zero-order valence-electron chi connectivity index (χ0n) is 11.7. The maximum Gasteiger partial charge on any atom is 0.424 e. The molecule has 0 radical (unpaired) electrons. The van der Waals surface area contributed by atoms with E-state index in [4.69, 9.17) is 4.42 Å². The number of amides is 1. The van der Waals surface area contributed by atoms with Crippen molar-refractivity contribution < 1.29 is 27.5 Å². The molecule has 1 aromatic rings. The van der Waals surface area contributed by atoms with Crippen LogP contribution in [0, 0.1) is 12.8 Å². The quantitative estimate of drug-likeness (QED) is 0.879. The van der Waals surface area contributed by atoms with E-state index < -0.39 is 24.0 Å². The maximum atomic E-state index is 13.1. The Morgan fingerprint density at radius 2 is 2.10 bits per heavy atom. The second-order valence-corrected chi connectivity index (χ2v) is 5.44. The van der Waals surface area contributed by atoms with Gasteiger partial charge in [0.25, 0.3) is 0 Å². The van der Waals surface area contributed by atoms with Gasteiger partial charge in [-0.05, 0) is 31.9 Å². The van der Waals surface area contributed by atoms with Crippen molar-refractivity contribution in [3.05, 3.63) is 23.7 Å². The Labute approximate surface area is 120 Å². The number of hydrogen-bond acceptors (Lipinski definition) is 3. The molecule has 1 saturated carbocycles. The first-order chi connectivity index (χ1) is 9.74. The van der Waals surface area contributed by atoms with Crippen LogP contribution in [0.2, 0.25) is 0 Å². The summed E-state index contributed by atoms with van der Waals surface area (Å²) in [6, 6.07) is 2.47. The van der Waals surface area contributed by atoms with Gasteiger partial charge in [-0.2, -0.15) is 13.2 Å². The van der Waals surface area contributed by atoms with E-state index in [0.29, 0.717) is 0 Å². The van der Waals surface area contributed by atoms with E-state index in [2.05, 4.69) is 5.32 Å². The third kappa shape index (κ3) is 3.23. The molecule has 2 N–H and O–H groups in total. The molecule has 1 aromatic heterocycles. The van der Waals surface area contributed by atoms with E-state index in [1.165, 1.54) is 13.0 Å². The van der Waals surface area contributed by atoms with Crippen molar-refractivity contribution in [2.24, 2.45) is 5.92 Å². The van der Waals surface area contributed by atoms with Gasteiger partial charge in [-0.15, -0.1) is 0 Å². The van der Waals surface area contributed by atoms with Gasteiger partial charge in [0.1, 0.15) is 11.5 Å². The summed E-state index contributed by atoms with van der Waals surface area (Å²) in [7, 11) is 0. The Morgan fingerprint density at radius 3 is 2.52 bits per heavy atom. The highest BCUT2D eigenvalue weighted by atomic mass is 19.4. The van der Waals surface area contributed by atoms with Crippen LogP contribution in [0.3, 0.4) is 0 Å². The summed E-state index contributed by atoms with van der Waals surface area (Å²) in [6.45, 7) is 1.24. The summed E-state index contributed by atoms with van der Waals surface area (Å²) in [5.74, 6) is -0.618. The van der Waals surface area contributed by atoms with Gasteiger partial charge >= 0.3 is 6.18 Å². The molecular weight excluding hydrogens is 287 g/mol. The molecule has 1 amide bonds. The Kier molecular flexibility index (Phi) is 4.32. The number of carbonyl (C=O) groups excluding carboxylic acids is 1. The van der Waals surface area contributed by atoms with Gasteiger partial charge in [-0.25, -0.2) is 0 Å². The zero-order valence-corrected chi connectivity index (χ0v) is 11.7. The molecule has 1 fully saturated rings. The third-order valence-corrected chi connectivity index (χ3v) is 3.88. The molecule has 4 nitrogen and oxygen atoms in total. The van der Waals surface area contributed by atoms with Gasteiger partial charge in [-0.1, -0.05) is 6.42 Å². The minimum atomic E-state index is -4.88. The fraction of sp³-hybridized carbons (Fsp3) is 0.643. The lowest BCUT2D eigenvalue weighted by Crippen LogP contribution is -2.45. The topological polar surface area (TPSA) is 62.5 Å². The van der Waals surface area contributed by atoms with Gasteiger partial charge in [0, 0.05) is 18.9 Å². The highest BCUT2D eigenvalue weighted by Gasteiger charge is 2.56. The highest BCUT2D eigenvalue weighted by molar-refractivity contribution is 5.79. The summed E-state index contributed by atoms with van der Waals surface area (Å²) in [5.41, 5.74) is -3.09. The van der Waals surface area contributed by atoms with Crippen molar-refractivity contribution in [3.8, 4) is 0 Å². The van der Waals surface area contributed by atoms with Crippen molar-refractivity contribution in [3.63, 3.8) is 0 Å². The summed E-state index contributed by atoms with van der Waals surface area (Å²) in [6.07, 6.45) is -3.05. The van der Waals surface area contributed by atoms with E-state index in [9.17, 15) is 23.1 Å². The number of hydrogen-bond donors (Lipinski definition) is 2. The van der Waals surface area contributed by atoms with E-state index in [0.717, 1.165) is 25.3 Å². The van der Waals surface area contributed by atoms with Crippen molar-refractivity contribution in [2.45, 2.75) is 44.4 Å². The van der Waals surface area contributed by atoms with Crippen LogP contribution < -0.4 is 5.32 Å². The van der Waals surface area contributed by atoms with E-state index in [1.807, 2.05) is 0 Å². The average Bonchev–Trinajstić information content (AvgIpc) is 2.72. The second-order valence-electron chi connectivity index (χ2n) is 5.44. The number of halogens is 3. The number of nitrogens with one attached hydrogen (secondary N) is 1. The standard InChI is InChI=1S/C14H18F3NO3/c1-9-5-6-11(21-9)13(20,14(15,16)17)7-8-18-12(19)10-3-2-4-10/h5-6,10,20H,2-4,7-8H2,1H3,(H,18,19). The minimum Gasteiger partial charge on any atom is -0.463 e. The van der Waals surface area contributed by atoms with E-state index >= 15 is 0 Å². The van der Waals surface area contributed by atoms with Crippen molar-refractivity contribution >= 4 is 5.91 Å². The largest absolute Gasteiger partial charge is 0.463 e. The van der Waals surface area contributed by atoms with Crippen molar-refractivity contribution in [1.82, 2.24) is 5.32 Å². The number of carbonyl (C=O) groups is 1. The van der Waals surface area contributed by atoms with Gasteiger partial charge in [0.05, 0.1) is 0 Å². The zero-order chi connectivity index (χ0) is 15.7. The summed E-state index contributed by atoms with van der Waals surface area (Å²) in [5, 5.41) is 12.4. The van der Waals surface area contributed by atoms with Crippen molar-refractivity contribution in [2.75, 3.05) is 6.54 Å². The van der Waals surface area contributed by atoms with Crippen LogP contribution in [-0.4, -0.2) is 23.7 Å². The third-order valence-electron chi connectivity index (χ3n) is 3.88. The fourth-order valence-corrected chi connectivity index (χ4v) is 2.24. The maximum absolute atomic E-state index is 13.1. The Balaban J connectivity index is 2.01. The van der Waals surface area contributed by atoms with Crippen LogP contribution >= 0.6 is 0 Å². The van der Waals surface area contributed by atoms with E-state index in [1.54, 1.807) is 0 Å². The molecule has 1 atom stereocenters. The summed E-state index contributed by atoms with van der Waals surface area (Å²) in [4.78, 5) is 11.6. The molecule has 0 spiro atoms. The molecule has 1 heterocycles. The lowest BCUT2D eigenvalue weighted by atomic mass is 9.84. The number of aryl methyl sites for hydroxylation is 1. The first-order valence-electron chi connectivity index (χ1n) is 6.88. The average molecular weight is 305 g/mol. The van der Waals surface area contributed by atoms with Crippen LogP contribution in [0.5, 0.6) is 0 Å².